The van der Waals surface area contributed by atoms with Gasteiger partial charge in [0, 0.05) is 25.7 Å². The summed E-state index contributed by atoms with van der Waals surface area (Å²) in [7, 11) is 1.65. The lowest BCUT2D eigenvalue weighted by Gasteiger charge is -2.22. The molecule has 112 valence electrons. The van der Waals surface area contributed by atoms with Crippen LogP contribution >= 0.6 is 12.4 Å². The minimum atomic E-state index is -0.0323. The summed E-state index contributed by atoms with van der Waals surface area (Å²) in [6, 6.07) is 7.83. The molecular weight excluding hydrogens is 274 g/mol. The van der Waals surface area contributed by atoms with Gasteiger partial charge in [0.05, 0.1) is 0 Å². The summed E-state index contributed by atoms with van der Waals surface area (Å²) >= 11 is 0. The van der Waals surface area contributed by atoms with Crippen LogP contribution in [0.1, 0.15) is 29.3 Å². The highest BCUT2D eigenvalue weighted by molar-refractivity contribution is 5.94. The second-order valence-electron chi connectivity index (χ2n) is 5.75. The van der Waals surface area contributed by atoms with Crippen molar-refractivity contribution in [2.24, 2.45) is 11.1 Å². The van der Waals surface area contributed by atoms with Gasteiger partial charge in [0.25, 0.3) is 5.91 Å². The maximum Gasteiger partial charge on any atom is 0.251 e. The summed E-state index contributed by atoms with van der Waals surface area (Å²) in [6.07, 6.45) is 1.15. The first kappa shape index (κ1) is 17.0. The van der Waals surface area contributed by atoms with E-state index in [9.17, 15) is 4.79 Å². The van der Waals surface area contributed by atoms with Crippen LogP contribution in [0.3, 0.4) is 0 Å². The lowest BCUT2D eigenvalue weighted by atomic mass is 9.90. The van der Waals surface area contributed by atoms with E-state index in [4.69, 9.17) is 5.73 Å². The number of benzene rings is 1. The van der Waals surface area contributed by atoms with Crippen LogP contribution < -0.4 is 11.1 Å². The van der Waals surface area contributed by atoms with Crippen LogP contribution in [-0.2, 0) is 6.54 Å². The molecule has 2 rings (SSSR count). The van der Waals surface area contributed by atoms with E-state index >= 15 is 0 Å². The molecule has 5 heteroatoms. The van der Waals surface area contributed by atoms with Crippen molar-refractivity contribution in [3.63, 3.8) is 0 Å². The fraction of sp³-hybridized carbons (Fsp3) is 0.533. The molecule has 3 N–H and O–H groups in total. The first-order valence-corrected chi connectivity index (χ1v) is 6.80. The molecule has 0 radical (unpaired) electrons. The number of hydrogen-bond acceptors (Lipinski definition) is 3. The number of likely N-dealkylation sites (tertiary alicyclic amines) is 1. The quantitative estimate of drug-likeness (QED) is 0.888. The molecule has 1 unspecified atom stereocenters. The standard InChI is InChI=1S/C15H23N3O.ClH/c1-15(10-16)6-7-18(11-15)9-12-4-3-5-13(8-12)14(19)17-2;/h3-5,8H,6-7,9-11,16H2,1-2H3,(H,17,19);1H. The number of carbonyl (C=O) groups is 1. The van der Waals surface area contributed by atoms with E-state index in [2.05, 4.69) is 23.2 Å². The van der Waals surface area contributed by atoms with Gasteiger partial charge in [-0.1, -0.05) is 19.1 Å². The molecule has 1 heterocycles. The van der Waals surface area contributed by atoms with E-state index in [1.165, 1.54) is 5.56 Å². The molecule has 20 heavy (non-hydrogen) atoms. The van der Waals surface area contributed by atoms with E-state index in [0.29, 0.717) is 0 Å². The van der Waals surface area contributed by atoms with E-state index < -0.39 is 0 Å². The van der Waals surface area contributed by atoms with E-state index in [1.54, 1.807) is 7.05 Å². The average molecular weight is 298 g/mol. The third-order valence-electron chi connectivity index (χ3n) is 3.95. The van der Waals surface area contributed by atoms with Crippen molar-refractivity contribution < 1.29 is 4.79 Å². The van der Waals surface area contributed by atoms with Crippen molar-refractivity contribution >= 4 is 18.3 Å². The van der Waals surface area contributed by atoms with E-state index in [1.807, 2.05) is 18.2 Å². The van der Waals surface area contributed by atoms with Gasteiger partial charge in [0.15, 0.2) is 0 Å². The summed E-state index contributed by atoms with van der Waals surface area (Å²) in [6.45, 7) is 5.99. The Kier molecular flexibility index (Phi) is 5.99. The number of halogens is 1. The van der Waals surface area contributed by atoms with Crippen LogP contribution in [0.15, 0.2) is 24.3 Å². The molecule has 1 aromatic rings. The van der Waals surface area contributed by atoms with Crippen molar-refractivity contribution in [2.75, 3.05) is 26.7 Å². The Hall–Kier alpha value is -1.10. The summed E-state index contributed by atoms with van der Waals surface area (Å²) in [5.41, 5.74) is 7.98. The highest BCUT2D eigenvalue weighted by atomic mass is 35.5. The van der Waals surface area contributed by atoms with Crippen molar-refractivity contribution in [3.8, 4) is 0 Å². The number of rotatable bonds is 4. The molecule has 1 aromatic carbocycles. The maximum absolute atomic E-state index is 11.6. The minimum absolute atomic E-state index is 0. The molecule has 1 aliphatic heterocycles. The first-order valence-electron chi connectivity index (χ1n) is 6.80. The smallest absolute Gasteiger partial charge is 0.251 e. The van der Waals surface area contributed by atoms with Crippen LogP contribution in [-0.4, -0.2) is 37.5 Å². The molecule has 1 amide bonds. The van der Waals surface area contributed by atoms with E-state index in [-0.39, 0.29) is 23.7 Å². The fourth-order valence-electron chi connectivity index (χ4n) is 2.64. The highest BCUT2D eigenvalue weighted by Gasteiger charge is 2.32. The number of carbonyl (C=O) groups excluding carboxylic acids is 1. The van der Waals surface area contributed by atoms with E-state index in [0.717, 1.165) is 38.2 Å². The van der Waals surface area contributed by atoms with Crippen molar-refractivity contribution in [1.29, 1.82) is 0 Å². The van der Waals surface area contributed by atoms with Crippen LogP contribution in [0.4, 0.5) is 0 Å². The summed E-state index contributed by atoms with van der Waals surface area (Å²) in [5, 5.41) is 2.66. The first-order chi connectivity index (χ1) is 9.06. The molecule has 4 nitrogen and oxygen atoms in total. The largest absolute Gasteiger partial charge is 0.355 e. The predicted octanol–water partition coefficient (Wildman–Crippen LogP) is 1.64. The monoisotopic (exact) mass is 297 g/mol. The fourth-order valence-corrected chi connectivity index (χ4v) is 2.64. The van der Waals surface area contributed by atoms with Crippen molar-refractivity contribution in [1.82, 2.24) is 10.2 Å². The zero-order valence-corrected chi connectivity index (χ0v) is 13.0. The molecule has 1 aliphatic rings. The second-order valence-corrected chi connectivity index (χ2v) is 5.75. The van der Waals surface area contributed by atoms with Gasteiger partial charge in [-0.3, -0.25) is 9.69 Å². The number of amides is 1. The Balaban J connectivity index is 0.00000200. The van der Waals surface area contributed by atoms with Gasteiger partial charge < -0.3 is 11.1 Å². The van der Waals surface area contributed by atoms with Crippen molar-refractivity contribution in [3.05, 3.63) is 35.4 Å². The number of hydrogen-bond donors (Lipinski definition) is 2. The zero-order chi connectivity index (χ0) is 13.9. The van der Waals surface area contributed by atoms with Crippen LogP contribution in [0.25, 0.3) is 0 Å². The van der Waals surface area contributed by atoms with Crippen molar-refractivity contribution in [2.45, 2.75) is 19.9 Å². The summed E-state index contributed by atoms with van der Waals surface area (Å²) in [4.78, 5) is 14.0. The number of nitrogens with two attached hydrogens (primary N) is 1. The number of nitrogens with one attached hydrogen (secondary N) is 1. The van der Waals surface area contributed by atoms with Gasteiger partial charge in [-0.25, -0.2) is 0 Å². The van der Waals surface area contributed by atoms with Gasteiger partial charge >= 0.3 is 0 Å². The predicted molar refractivity (Wildman–Crippen MR) is 84.1 cm³/mol. The van der Waals surface area contributed by atoms with Gasteiger partial charge in [0.2, 0.25) is 0 Å². The third kappa shape index (κ3) is 3.95. The zero-order valence-electron chi connectivity index (χ0n) is 12.2. The van der Waals surface area contributed by atoms with Crippen LogP contribution in [0.5, 0.6) is 0 Å². The Bertz CT molecular complexity index is 466. The second kappa shape index (κ2) is 7.07. The van der Waals surface area contributed by atoms with Crippen LogP contribution in [0.2, 0.25) is 0 Å². The minimum Gasteiger partial charge on any atom is -0.355 e. The maximum atomic E-state index is 11.6. The van der Waals surface area contributed by atoms with Gasteiger partial charge in [-0.05, 0) is 42.6 Å². The third-order valence-corrected chi connectivity index (χ3v) is 3.95. The molecule has 0 saturated carbocycles. The lowest BCUT2D eigenvalue weighted by Crippen LogP contribution is -2.31. The Morgan fingerprint density at radius 1 is 1.50 bits per heavy atom. The lowest BCUT2D eigenvalue weighted by molar-refractivity contribution is 0.0963. The van der Waals surface area contributed by atoms with Gasteiger partial charge in [-0.2, -0.15) is 0 Å². The molecule has 0 spiro atoms. The molecule has 0 aliphatic carbocycles. The topological polar surface area (TPSA) is 58.4 Å². The molecule has 0 bridgehead atoms. The molecular formula is C15H24ClN3O. The molecule has 1 fully saturated rings. The summed E-state index contributed by atoms with van der Waals surface area (Å²) < 4.78 is 0. The molecule has 1 atom stereocenters. The van der Waals surface area contributed by atoms with Crippen LogP contribution in [0, 0.1) is 5.41 Å². The Labute approximate surface area is 127 Å². The normalized spacial score (nSPS) is 22.4. The molecule has 0 aromatic heterocycles. The highest BCUT2D eigenvalue weighted by Crippen LogP contribution is 2.29. The Morgan fingerprint density at radius 2 is 2.25 bits per heavy atom. The van der Waals surface area contributed by atoms with Gasteiger partial charge in [0.1, 0.15) is 0 Å². The molecule has 1 saturated heterocycles. The van der Waals surface area contributed by atoms with Gasteiger partial charge in [-0.15, -0.1) is 12.4 Å². The Morgan fingerprint density at radius 3 is 2.85 bits per heavy atom. The summed E-state index contributed by atoms with van der Waals surface area (Å²) in [5.74, 6) is -0.0323. The number of nitrogens with zero attached hydrogens (tertiary/aromatic N) is 1. The SMILES string of the molecule is CNC(=O)c1cccc(CN2CCC(C)(CN)C2)c1.Cl. The average Bonchev–Trinajstić information content (AvgIpc) is 2.80.